The van der Waals surface area contributed by atoms with Crippen molar-refractivity contribution < 1.29 is 52.2 Å². The van der Waals surface area contributed by atoms with Crippen molar-refractivity contribution in [3.8, 4) is 0 Å². The molecular weight excluding hydrogens is 976 g/mol. The summed E-state index contributed by atoms with van der Waals surface area (Å²) in [6, 6.07) is 0. The Balaban J connectivity index is 4.76. The van der Waals surface area contributed by atoms with Crippen LogP contribution < -0.4 is 0 Å². The average molecular weight is 1090 g/mol. The van der Waals surface area contributed by atoms with Gasteiger partial charge < -0.3 is 24.2 Å². The summed E-state index contributed by atoms with van der Waals surface area (Å²) in [4.78, 5) is 48.6. The van der Waals surface area contributed by atoms with Crippen LogP contribution >= 0.6 is 7.82 Å². The van der Waals surface area contributed by atoms with Crippen LogP contribution in [0.1, 0.15) is 252 Å². The zero-order valence-corrected chi connectivity index (χ0v) is 49.1. The van der Waals surface area contributed by atoms with Crippen LogP contribution in [0.4, 0.5) is 0 Å². The molecule has 0 saturated carbocycles. The zero-order chi connectivity index (χ0) is 55.5. The van der Waals surface area contributed by atoms with Crippen LogP contribution in [0.2, 0.25) is 0 Å². The predicted octanol–water partition coefficient (Wildman–Crippen LogP) is 18.0. The van der Waals surface area contributed by atoms with Crippen molar-refractivity contribution in [1.29, 1.82) is 0 Å². The smallest absolute Gasteiger partial charge is 0.462 e. The predicted molar refractivity (Wildman–Crippen MR) is 316 cm³/mol. The van der Waals surface area contributed by atoms with E-state index < -0.39 is 57.8 Å². The number of aliphatic hydroxyl groups is 1. The van der Waals surface area contributed by atoms with Crippen LogP contribution in [0.5, 0.6) is 0 Å². The van der Waals surface area contributed by atoms with Gasteiger partial charge in [0.05, 0.1) is 19.8 Å². The van der Waals surface area contributed by atoms with Gasteiger partial charge in [0.25, 0.3) is 0 Å². The van der Waals surface area contributed by atoms with Crippen LogP contribution in [0.3, 0.4) is 0 Å². The lowest BCUT2D eigenvalue weighted by molar-refractivity contribution is -0.161. The Morgan fingerprint density at radius 1 is 0.382 bits per heavy atom. The topological polar surface area (TPSA) is 155 Å². The molecule has 3 atom stereocenters. The van der Waals surface area contributed by atoms with Crippen molar-refractivity contribution in [3.05, 3.63) is 97.2 Å². The normalized spacial score (nSPS) is 14.0. The molecule has 2 N–H and O–H groups in total. The Labute approximate surface area is 463 Å². The number of ether oxygens (including phenoxy) is 3. The summed E-state index contributed by atoms with van der Waals surface area (Å²) >= 11 is 0. The molecule has 11 nitrogen and oxygen atoms in total. The van der Waals surface area contributed by atoms with Crippen LogP contribution in [-0.2, 0) is 42.2 Å². The van der Waals surface area contributed by atoms with Crippen molar-refractivity contribution in [3.63, 3.8) is 0 Å². The van der Waals surface area contributed by atoms with E-state index in [1.54, 1.807) is 0 Å². The summed E-state index contributed by atoms with van der Waals surface area (Å²) in [7, 11) is -4.77. The number of esters is 3. The summed E-state index contributed by atoms with van der Waals surface area (Å²) in [5, 5.41) is 9.83. The van der Waals surface area contributed by atoms with Gasteiger partial charge in [-0.3, -0.25) is 23.4 Å². The maximum Gasteiger partial charge on any atom is 0.472 e. The second-order valence-electron chi connectivity index (χ2n) is 19.8. The van der Waals surface area contributed by atoms with Gasteiger partial charge in [-0.1, -0.05) is 208 Å². The molecule has 0 aromatic carbocycles. The van der Waals surface area contributed by atoms with E-state index in [0.29, 0.717) is 19.3 Å². The van der Waals surface area contributed by atoms with E-state index in [1.165, 1.54) is 51.4 Å². The summed E-state index contributed by atoms with van der Waals surface area (Å²) in [6.45, 7) is 4.44. The Kier molecular flexibility index (Phi) is 54.8. The maximum atomic E-state index is 12.9. The fourth-order valence-electron chi connectivity index (χ4n) is 7.88. The highest BCUT2D eigenvalue weighted by atomic mass is 31.2. The third-order valence-electron chi connectivity index (χ3n) is 12.5. The SMILES string of the molecule is CC/C=C\C/C=C\C/C=C\C/C=C\CCCCCCC(=O)OC(CO)COP(=O)(O)OCC(COC(=O)CCCCCCC/C=C\CCCCCC)OC(=O)CCCCCCCC/C=C\C/C=C\C/C=C\CCCCC. The van der Waals surface area contributed by atoms with Gasteiger partial charge in [0, 0.05) is 19.3 Å². The van der Waals surface area contributed by atoms with Crippen molar-refractivity contribution in [1.82, 2.24) is 0 Å². The minimum atomic E-state index is -4.77. The van der Waals surface area contributed by atoms with Crippen LogP contribution in [0, 0.1) is 0 Å². The van der Waals surface area contributed by atoms with Crippen molar-refractivity contribution in [2.45, 2.75) is 264 Å². The number of hydrogen-bond donors (Lipinski definition) is 2. The number of aliphatic hydroxyl groups excluding tert-OH is 1. The zero-order valence-electron chi connectivity index (χ0n) is 48.2. The molecule has 0 aliphatic carbocycles. The summed E-state index contributed by atoms with van der Waals surface area (Å²) in [5.41, 5.74) is 0. The molecule has 12 heteroatoms. The van der Waals surface area contributed by atoms with Crippen LogP contribution in [-0.4, -0.2) is 66.5 Å². The van der Waals surface area contributed by atoms with Gasteiger partial charge in [-0.15, -0.1) is 0 Å². The van der Waals surface area contributed by atoms with Gasteiger partial charge in [-0.25, -0.2) is 4.57 Å². The first-order valence-electron chi connectivity index (χ1n) is 30.1. The molecular formula is C64H109O11P. The number of phosphoric acid groups is 1. The lowest BCUT2D eigenvalue weighted by Gasteiger charge is -2.21. The Hall–Kier alpha value is -3.60. The fourth-order valence-corrected chi connectivity index (χ4v) is 8.66. The molecule has 0 spiro atoms. The van der Waals surface area contributed by atoms with E-state index in [0.717, 1.165) is 141 Å². The molecule has 3 unspecified atom stereocenters. The number of carbonyl (C=O) groups is 3. The number of phosphoric ester groups is 1. The van der Waals surface area contributed by atoms with Gasteiger partial charge in [0.15, 0.2) is 6.10 Å². The Morgan fingerprint density at radius 3 is 1.09 bits per heavy atom. The third-order valence-corrected chi connectivity index (χ3v) is 13.4. The standard InChI is InChI=1S/C64H109O11P/c1-4-7-10-13-16-19-22-25-27-29-30-32-34-37-40-43-46-49-52-55-64(68)75-61(57-71-62(66)53-50-47-44-41-38-35-24-21-18-15-12-9-6-3)59-73-76(69,70)72-58-60(56-65)74-63(67)54-51-48-45-42-39-36-33-31-28-26-23-20-17-14-11-8-5-2/h8,11,16-17,19-21,24-28,30,32-33,36,60-61,65H,4-7,9-10,12-15,18,22-23,29,31,34-35,37-59H2,1-3H3,(H,69,70)/b11-8-,19-16-,20-17-,24-21-,27-25-,28-26-,32-30-,36-33-. The second-order valence-corrected chi connectivity index (χ2v) is 21.2. The number of hydrogen-bond acceptors (Lipinski definition) is 10. The summed E-state index contributed by atoms with van der Waals surface area (Å²) in [6.07, 6.45) is 67.8. The number of carbonyl (C=O) groups excluding carboxylic acids is 3. The number of rotatable bonds is 55. The van der Waals surface area contributed by atoms with E-state index in [-0.39, 0.29) is 25.9 Å². The van der Waals surface area contributed by atoms with E-state index in [2.05, 4.69) is 118 Å². The molecule has 436 valence electrons. The lowest BCUT2D eigenvalue weighted by Crippen LogP contribution is -2.30. The monoisotopic (exact) mass is 1080 g/mol. The minimum absolute atomic E-state index is 0.144. The molecule has 0 aliphatic heterocycles. The van der Waals surface area contributed by atoms with Gasteiger partial charge in [0.2, 0.25) is 0 Å². The van der Waals surface area contributed by atoms with E-state index >= 15 is 0 Å². The molecule has 0 amide bonds. The largest absolute Gasteiger partial charge is 0.472 e. The molecule has 0 radical (unpaired) electrons. The van der Waals surface area contributed by atoms with Crippen LogP contribution in [0.15, 0.2) is 97.2 Å². The molecule has 0 fully saturated rings. The molecule has 76 heavy (non-hydrogen) atoms. The number of allylic oxidation sites excluding steroid dienone is 16. The molecule has 0 saturated heterocycles. The molecule has 0 aromatic rings. The van der Waals surface area contributed by atoms with Crippen molar-refractivity contribution >= 4 is 25.7 Å². The lowest BCUT2D eigenvalue weighted by atomic mass is 10.1. The maximum absolute atomic E-state index is 12.9. The third kappa shape index (κ3) is 55.2. The minimum Gasteiger partial charge on any atom is -0.462 e. The molecule has 0 heterocycles. The van der Waals surface area contributed by atoms with E-state index in [4.69, 9.17) is 23.3 Å². The first kappa shape index (κ1) is 72.4. The van der Waals surface area contributed by atoms with Crippen molar-refractivity contribution in [2.75, 3.05) is 26.4 Å². The highest BCUT2D eigenvalue weighted by Gasteiger charge is 2.28. The molecule has 0 rings (SSSR count). The van der Waals surface area contributed by atoms with Gasteiger partial charge in [0.1, 0.15) is 12.7 Å². The van der Waals surface area contributed by atoms with Gasteiger partial charge in [-0.2, -0.15) is 0 Å². The quantitative estimate of drug-likeness (QED) is 0.0197. The van der Waals surface area contributed by atoms with Crippen LogP contribution in [0.25, 0.3) is 0 Å². The highest BCUT2D eigenvalue weighted by Crippen LogP contribution is 2.43. The first-order valence-corrected chi connectivity index (χ1v) is 31.6. The fraction of sp³-hybridized carbons (Fsp3) is 0.703. The molecule has 0 aliphatic rings. The van der Waals surface area contributed by atoms with E-state index in [1.807, 2.05) is 0 Å². The van der Waals surface area contributed by atoms with E-state index in [9.17, 15) is 28.9 Å². The summed E-state index contributed by atoms with van der Waals surface area (Å²) < 4.78 is 39.5. The molecule has 0 aromatic heterocycles. The summed E-state index contributed by atoms with van der Waals surface area (Å²) in [5.74, 6) is -1.52. The Morgan fingerprint density at radius 2 is 0.684 bits per heavy atom. The first-order chi connectivity index (χ1) is 37.2. The number of unbranched alkanes of at least 4 members (excludes halogenated alkanes) is 22. The average Bonchev–Trinajstić information content (AvgIpc) is 3.41. The van der Waals surface area contributed by atoms with Gasteiger partial charge >= 0.3 is 25.7 Å². The van der Waals surface area contributed by atoms with Crippen molar-refractivity contribution in [2.24, 2.45) is 0 Å². The van der Waals surface area contributed by atoms with Gasteiger partial charge in [-0.05, 0) is 122 Å². The highest BCUT2D eigenvalue weighted by molar-refractivity contribution is 7.47. The Bertz CT molecular complexity index is 1640. The second kappa shape index (κ2) is 57.6. The molecule has 0 bridgehead atoms.